The summed E-state index contributed by atoms with van der Waals surface area (Å²) in [7, 11) is 0. The molecule has 0 bridgehead atoms. The molecule has 0 spiro atoms. The van der Waals surface area contributed by atoms with Crippen LogP contribution in [0.5, 0.6) is 5.88 Å². The van der Waals surface area contributed by atoms with Gasteiger partial charge in [0.25, 0.3) is 0 Å². The zero-order valence-corrected chi connectivity index (χ0v) is 19.2. The summed E-state index contributed by atoms with van der Waals surface area (Å²) in [5, 5.41) is 18.8. The number of hydrogen-bond donors (Lipinski definition) is 2. The molecule has 1 aromatic carbocycles. The number of nitrogens with one attached hydrogen (secondary N) is 1. The molecule has 1 unspecified atom stereocenters. The molecule has 3 aromatic rings. The molecule has 0 aliphatic heterocycles. The van der Waals surface area contributed by atoms with Crippen molar-refractivity contribution in [2.45, 2.75) is 25.6 Å². The topological polar surface area (TPSA) is 138 Å². The number of allylic oxidation sites excluding steroid dienone is 1. The maximum Gasteiger partial charge on any atom is 0.335 e. The Morgan fingerprint density at radius 2 is 2.03 bits per heavy atom. The fraction of sp³-hybridized carbons (Fsp3) is 0.208. The highest BCUT2D eigenvalue weighted by Crippen LogP contribution is 2.17. The van der Waals surface area contributed by atoms with Crippen molar-refractivity contribution in [1.29, 1.82) is 5.26 Å². The predicted molar refractivity (Wildman–Crippen MR) is 128 cm³/mol. The van der Waals surface area contributed by atoms with Crippen LogP contribution in [0.1, 0.15) is 17.7 Å². The normalized spacial score (nSPS) is 15.5. The number of benzene rings is 1. The monoisotopic (exact) mass is 492 g/mol. The maximum atomic E-state index is 13.1. The molecule has 2 aromatic heterocycles. The van der Waals surface area contributed by atoms with Gasteiger partial charge < -0.3 is 9.84 Å². The van der Waals surface area contributed by atoms with Crippen LogP contribution in [0.15, 0.2) is 81.0 Å². The van der Waals surface area contributed by atoms with E-state index in [1.54, 1.807) is 54.6 Å². The summed E-state index contributed by atoms with van der Waals surface area (Å²) in [6, 6.07) is 13.5. The second-order valence-electron chi connectivity index (χ2n) is 7.60. The van der Waals surface area contributed by atoms with E-state index in [9.17, 15) is 14.7 Å². The van der Waals surface area contributed by atoms with Crippen molar-refractivity contribution in [2.24, 2.45) is 4.99 Å². The SMILES string of the molecule is N#Cc1cccc(OC2=CCC(/N=c3\[nH]c(=O)n(CCO)c(=O)n3Cc3ccc(Cl)cc3)C=C2)n1. The molecule has 0 amide bonds. The Morgan fingerprint density at radius 3 is 2.71 bits per heavy atom. The van der Waals surface area contributed by atoms with E-state index in [4.69, 9.17) is 21.6 Å². The molecule has 11 heteroatoms. The van der Waals surface area contributed by atoms with Crippen molar-refractivity contribution in [3.05, 3.63) is 109 Å². The van der Waals surface area contributed by atoms with Gasteiger partial charge in [0.2, 0.25) is 11.5 Å². The van der Waals surface area contributed by atoms with E-state index in [0.717, 1.165) is 10.1 Å². The molecule has 0 fully saturated rings. The Balaban J connectivity index is 1.63. The minimum absolute atomic E-state index is 0.111. The minimum atomic E-state index is -0.655. The fourth-order valence-corrected chi connectivity index (χ4v) is 3.57. The average Bonchev–Trinajstić information content (AvgIpc) is 2.86. The first-order valence-electron chi connectivity index (χ1n) is 10.7. The van der Waals surface area contributed by atoms with Crippen LogP contribution >= 0.6 is 11.6 Å². The smallest absolute Gasteiger partial charge is 0.335 e. The first kappa shape index (κ1) is 23.9. The third-order valence-corrected chi connectivity index (χ3v) is 5.40. The van der Waals surface area contributed by atoms with Gasteiger partial charge in [-0.2, -0.15) is 5.26 Å². The van der Waals surface area contributed by atoms with Gasteiger partial charge in [-0.05, 0) is 42.3 Å². The number of rotatable bonds is 7. The maximum absolute atomic E-state index is 13.1. The number of hydrogen-bond acceptors (Lipinski definition) is 7. The van der Waals surface area contributed by atoms with E-state index in [0.29, 0.717) is 23.1 Å². The van der Waals surface area contributed by atoms with E-state index in [-0.39, 0.29) is 37.1 Å². The molecule has 1 aliphatic carbocycles. The van der Waals surface area contributed by atoms with Crippen LogP contribution in [-0.2, 0) is 13.1 Å². The van der Waals surface area contributed by atoms with Crippen LogP contribution in [0.4, 0.5) is 0 Å². The molecular weight excluding hydrogens is 472 g/mol. The van der Waals surface area contributed by atoms with Gasteiger partial charge in [0, 0.05) is 11.1 Å². The summed E-state index contributed by atoms with van der Waals surface area (Å²) in [5.41, 5.74) is -0.0875. The number of halogens is 1. The first-order valence-corrected chi connectivity index (χ1v) is 11.1. The lowest BCUT2D eigenvalue weighted by Crippen LogP contribution is -2.50. The molecule has 178 valence electrons. The lowest BCUT2D eigenvalue weighted by Gasteiger charge is -2.15. The van der Waals surface area contributed by atoms with Crippen molar-refractivity contribution in [1.82, 2.24) is 19.1 Å². The highest BCUT2D eigenvalue weighted by Gasteiger charge is 2.13. The quantitative estimate of drug-likeness (QED) is 0.512. The van der Waals surface area contributed by atoms with Gasteiger partial charge in [0.1, 0.15) is 17.5 Å². The van der Waals surface area contributed by atoms with Gasteiger partial charge in [-0.3, -0.25) is 9.55 Å². The zero-order chi connectivity index (χ0) is 24.8. The van der Waals surface area contributed by atoms with Crippen molar-refractivity contribution in [3.8, 4) is 11.9 Å². The number of aromatic nitrogens is 4. The number of nitrogens with zero attached hydrogens (tertiary/aromatic N) is 5. The largest absolute Gasteiger partial charge is 0.439 e. The molecule has 2 heterocycles. The molecule has 1 atom stereocenters. The van der Waals surface area contributed by atoms with E-state index in [1.165, 1.54) is 4.57 Å². The van der Waals surface area contributed by atoms with Gasteiger partial charge in [0.15, 0.2) is 0 Å². The Bertz CT molecular complexity index is 1510. The first-order chi connectivity index (χ1) is 17.0. The molecule has 35 heavy (non-hydrogen) atoms. The Labute approximate surface area is 204 Å². The highest BCUT2D eigenvalue weighted by atomic mass is 35.5. The van der Waals surface area contributed by atoms with E-state index in [2.05, 4.69) is 15.0 Å². The van der Waals surface area contributed by atoms with Crippen LogP contribution in [0.2, 0.25) is 5.02 Å². The summed E-state index contributed by atoms with van der Waals surface area (Å²) in [4.78, 5) is 36.8. The van der Waals surface area contributed by atoms with Crippen LogP contribution in [0.3, 0.4) is 0 Å². The molecular formula is C24H21ClN6O4. The highest BCUT2D eigenvalue weighted by molar-refractivity contribution is 6.30. The van der Waals surface area contributed by atoms with Crippen molar-refractivity contribution in [3.63, 3.8) is 0 Å². The van der Waals surface area contributed by atoms with Crippen molar-refractivity contribution >= 4 is 11.6 Å². The number of nitriles is 1. The van der Waals surface area contributed by atoms with E-state index < -0.39 is 11.4 Å². The number of pyridine rings is 1. The lowest BCUT2D eigenvalue weighted by molar-refractivity contribution is 0.267. The molecule has 10 nitrogen and oxygen atoms in total. The third kappa shape index (κ3) is 5.84. The number of aliphatic hydroxyl groups excluding tert-OH is 1. The standard InChI is InChI=1S/C24H21ClN6O4/c25-17-6-4-16(5-7-17)15-31-22(29-23(33)30(12-13-32)24(31)34)28-18-8-10-20(11-9-18)35-21-3-1-2-19(14-26)27-21/h1-8,10-11,18,32H,9,12-13,15H2,(H,28,29,33). The van der Waals surface area contributed by atoms with Crippen molar-refractivity contribution < 1.29 is 9.84 Å². The predicted octanol–water partition coefficient (Wildman–Crippen LogP) is 1.49. The molecule has 0 saturated heterocycles. The van der Waals surface area contributed by atoms with Crippen LogP contribution in [0.25, 0.3) is 0 Å². The zero-order valence-electron chi connectivity index (χ0n) is 18.5. The molecule has 0 radical (unpaired) electrons. The van der Waals surface area contributed by atoms with E-state index >= 15 is 0 Å². The summed E-state index contributed by atoms with van der Waals surface area (Å²) in [6.07, 6.45) is 5.76. The summed E-state index contributed by atoms with van der Waals surface area (Å²) >= 11 is 5.96. The minimum Gasteiger partial charge on any atom is -0.439 e. The second-order valence-corrected chi connectivity index (χ2v) is 8.03. The number of aliphatic hydroxyl groups is 1. The van der Waals surface area contributed by atoms with Gasteiger partial charge in [-0.15, -0.1) is 0 Å². The number of ether oxygens (including phenoxy) is 1. The van der Waals surface area contributed by atoms with Crippen LogP contribution in [0, 0.1) is 11.3 Å². The average molecular weight is 493 g/mol. The molecule has 0 saturated carbocycles. The van der Waals surface area contributed by atoms with Gasteiger partial charge >= 0.3 is 11.4 Å². The third-order valence-electron chi connectivity index (χ3n) is 5.15. The second kappa shape index (κ2) is 10.8. The summed E-state index contributed by atoms with van der Waals surface area (Å²) in [6.45, 7) is -0.340. The van der Waals surface area contributed by atoms with Gasteiger partial charge in [-0.1, -0.05) is 35.9 Å². The van der Waals surface area contributed by atoms with E-state index in [1.807, 2.05) is 12.1 Å². The molecule has 4 rings (SSSR count). The van der Waals surface area contributed by atoms with Gasteiger partial charge in [-0.25, -0.2) is 24.1 Å². The lowest BCUT2D eigenvalue weighted by atomic mass is 10.1. The Morgan fingerprint density at radius 1 is 1.23 bits per heavy atom. The molecule has 2 N–H and O–H groups in total. The van der Waals surface area contributed by atoms with Gasteiger partial charge in [0.05, 0.1) is 25.7 Å². The van der Waals surface area contributed by atoms with Crippen molar-refractivity contribution in [2.75, 3.05) is 6.61 Å². The van der Waals surface area contributed by atoms with Crippen LogP contribution < -0.4 is 21.7 Å². The summed E-state index contributed by atoms with van der Waals surface area (Å²) < 4.78 is 7.99. The number of H-pyrrole nitrogens is 1. The Hall–Kier alpha value is -4.20. The Kier molecular flexibility index (Phi) is 7.40. The summed E-state index contributed by atoms with van der Waals surface area (Å²) in [5.74, 6) is 0.841. The fourth-order valence-electron chi connectivity index (χ4n) is 3.44. The van der Waals surface area contributed by atoms with Crippen LogP contribution in [-0.4, -0.2) is 36.9 Å². The molecule has 1 aliphatic rings. The number of aromatic amines is 1.